The van der Waals surface area contributed by atoms with E-state index in [1.54, 1.807) is 7.05 Å². The molecule has 320 valence electrons. The Kier molecular flexibility index (Phi) is 14.9. The predicted molar refractivity (Wildman–Crippen MR) is 204 cm³/mol. The lowest BCUT2D eigenvalue weighted by atomic mass is 9.51. The molecule has 2 heterocycles. The van der Waals surface area contributed by atoms with E-state index in [1.807, 2.05) is 0 Å². The van der Waals surface area contributed by atoms with E-state index >= 15 is 0 Å². The lowest BCUT2D eigenvalue weighted by Gasteiger charge is -2.55. The van der Waals surface area contributed by atoms with Crippen molar-refractivity contribution in [1.82, 2.24) is 10.6 Å². The normalized spacial score (nSPS) is 45.3. The van der Waals surface area contributed by atoms with E-state index in [0.29, 0.717) is 25.2 Å². The zero-order valence-electron chi connectivity index (χ0n) is 33.2. The first-order valence-electron chi connectivity index (χ1n) is 21.2. The first-order valence-corrected chi connectivity index (χ1v) is 21.2. The fourth-order valence-corrected chi connectivity index (χ4v) is 11.6. The number of carbonyl (C=O) groups excluding carboxylic acids is 2. The number of aliphatic hydroxyl groups excluding tert-OH is 5. The number of piperidine rings is 1. The maximum absolute atomic E-state index is 14.9. The molecule has 2 saturated heterocycles. The van der Waals surface area contributed by atoms with Crippen LogP contribution < -0.4 is 22.1 Å². The second kappa shape index (κ2) is 19.0. The highest BCUT2D eigenvalue weighted by Gasteiger charge is 2.64. The first-order chi connectivity index (χ1) is 26.9. The second-order valence-corrected chi connectivity index (χ2v) is 17.8. The average Bonchev–Trinajstić information content (AvgIpc) is 3.20. The van der Waals surface area contributed by atoms with Gasteiger partial charge in [-0.1, -0.05) is 38.5 Å². The summed E-state index contributed by atoms with van der Waals surface area (Å²) in [7, 11) is 3.03. The quantitative estimate of drug-likeness (QED) is 0.0803. The summed E-state index contributed by atoms with van der Waals surface area (Å²) >= 11 is 0. The maximum atomic E-state index is 14.9. The minimum absolute atomic E-state index is 0.0278. The maximum Gasteiger partial charge on any atom is 0.188 e. The fourth-order valence-electron chi connectivity index (χ4n) is 11.6. The summed E-state index contributed by atoms with van der Waals surface area (Å²) in [5.74, 6) is -4.71. The third kappa shape index (κ3) is 8.86. The van der Waals surface area contributed by atoms with Crippen LogP contribution in [-0.4, -0.2) is 143 Å². The number of Topliss-reactive ketones (excluding diaryl/α,β-unsaturated/α-hetero) is 2. The van der Waals surface area contributed by atoms with Crippen molar-refractivity contribution in [2.45, 2.75) is 138 Å². The molecule has 0 radical (unpaired) electrons. The number of nitrogens with zero attached hydrogens (tertiary/aromatic N) is 1. The van der Waals surface area contributed by atoms with Crippen molar-refractivity contribution < 1.29 is 54.4 Å². The summed E-state index contributed by atoms with van der Waals surface area (Å²) in [4.78, 5) is 33.7. The monoisotopic (exact) mass is 795 g/mol. The number of aliphatic imine (C=N–C) groups is 1. The van der Waals surface area contributed by atoms with Crippen LogP contribution in [0.4, 0.5) is 0 Å². The summed E-state index contributed by atoms with van der Waals surface area (Å²) in [5, 5.41) is 74.1. The van der Waals surface area contributed by atoms with Crippen LogP contribution >= 0.6 is 0 Å². The number of guanidine groups is 1. The molecule has 0 bridgehead atoms. The lowest BCUT2D eigenvalue weighted by Crippen LogP contribution is -2.69. The number of aliphatic hydroxyl groups is 6. The van der Waals surface area contributed by atoms with Crippen LogP contribution in [0.1, 0.15) is 83.5 Å². The van der Waals surface area contributed by atoms with Gasteiger partial charge in [-0.3, -0.25) is 14.6 Å². The number of hydrogen-bond donors (Lipinski definition) is 10. The van der Waals surface area contributed by atoms with Crippen LogP contribution in [0.25, 0.3) is 0 Å². The Morgan fingerprint density at radius 1 is 0.911 bits per heavy atom. The Morgan fingerprint density at radius 2 is 1.66 bits per heavy atom. The minimum Gasteiger partial charge on any atom is -0.396 e. The molecule has 6 fully saturated rings. The van der Waals surface area contributed by atoms with Gasteiger partial charge in [-0.25, -0.2) is 0 Å². The van der Waals surface area contributed by atoms with Crippen LogP contribution in [-0.2, 0) is 23.8 Å². The van der Waals surface area contributed by atoms with Gasteiger partial charge in [0.05, 0.1) is 42.9 Å². The van der Waals surface area contributed by atoms with Crippen molar-refractivity contribution in [3.63, 3.8) is 0 Å². The number of rotatable bonds is 13. The topological polar surface area (TPSA) is 272 Å². The Bertz CT molecular complexity index is 1350. The van der Waals surface area contributed by atoms with E-state index in [0.717, 1.165) is 25.8 Å². The van der Waals surface area contributed by atoms with Crippen LogP contribution in [0.5, 0.6) is 0 Å². The highest BCUT2D eigenvalue weighted by molar-refractivity contribution is 6.01. The highest BCUT2D eigenvalue weighted by Crippen LogP contribution is 2.53. The second-order valence-electron chi connectivity index (χ2n) is 17.8. The number of hydrogen-bond acceptors (Lipinski definition) is 14. The number of nitrogens with one attached hydrogen (secondary N) is 2. The van der Waals surface area contributed by atoms with Gasteiger partial charge < -0.3 is 67.0 Å². The molecule has 6 aliphatic rings. The van der Waals surface area contributed by atoms with E-state index in [1.165, 1.54) is 39.2 Å². The molecule has 16 heteroatoms. The summed E-state index contributed by atoms with van der Waals surface area (Å²) in [6.45, 7) is -0.107. The van der Waals surface area contributed by atoms with Crippen molar-refractivity contribution in [2.24, 2.45) is 69.7 Å². The highest BCUT2D eigenvalue weighted by atomic mass is 16.7. The molecular formula is C40H69N5O11. The molecule has 2 aliphatic heterocycles. The number of fused-ring (bicyclic) bond motifs is 2. The predicted octanol–water partition coefficient (Wildman–Crippen LogP) is -0.858. The number of nitrogens with two attached hydrogens (primary N) is 2. The molecular weight excluding hydrogens is 726 g/mol. The number of ether oxygens (including phenoxy) is 3. The standard InChI is InChI=1S/C40H69N5O11/c1-43-39(42)45-17-24-22(9-8-20-6-4-3-5-7-20)15-23-31(34(24)49)35(50)32-27(16-26(54-2)25(18-46)30(32)33(23)48)55-38-36(51)37(52)40(53,28(19-47)56-38)12-10-21-11-13-44-29(41)14-21/h20-32,34,36-38,44,46-47,49,51-53H,3-19,41H2,1-2H3,(H3,42,43,45). The Balaban J connectivity index is 1.24. The van der Waals surface area contributed by atoms with Crippen LogP contribution in [0, 0.1) is 53.3 Å². The van der Waals surface area contributed by atoms with Gasteiger partial charge in [0.15, 0.2) is 12.2 Å². The number of carbonyl (C=O) groups is 2. The molecule has 0 aromatic rings. The molecule has 17 unspecified atom stereocenters. The SMILES string of the molecule is CN=C(N)NCC1C(CCC2CCCCC2)CC2C(=O)C3C(CO)C(OC)CC(OC4OC(CO)C(O)(CCC5CCNC(N)C5)C(O)C4O)C3C(=O)C2C1O. The summed E-state index contributed by atoms with van der Waals surface area (Å²) < 4.78 is 18.2. The summed E-state index contributed by atoms with van der Waals surface area (Å²) in [6, 6.07) is 0. The smallest absolute Gasteiger partial charge is 0.188 e. The van der Waals surface area contributed by atoms with E-state index in [4.69, 9.17) is 25.7 Å². The van der Waals surface area contributed by atoms with E-state index in [2.05, 4.69) is 15.6 Å². The Morgan fingerprint density at radius 3 is 2.32 bits per heavy atom. The van der Waals surface area contributed by atoms with Crippen LogP contribution in [0.15, 0.2) is 4.99 Å². The minimum atomic E-state index is -2.01. The third-order valence-corrected chi connectivity index (χ3v) is 14.8. The van der Waals surface area contributed by atoms with Crippen molar-refractivity contribution in [3.8, 4) is 0 Å². The van der Waals surface area contributed by atoms with E-state index < -0.39 is 91.3 Å². The molecule has 17 atom stereocenters. The average molecular weight is 796 g/mol. The molecule has 4 aliphatic carbocycles. The van der Waals surface area contributed by atoms with Gasteiger partial charge in [0.1, 0.15) is 35.5 Å². The number of methoxy groups -OCH3 is 1. The molecule has 16 nitrogen and oxygen atoms in total. The molecule has 0 aromatic heterocycles. The third-order valence-electron chi connectivity index (χ3n) is 14.8. The van der Waals surface area contributed by atoms with E-state index in [-0.39, 0.29) is 60.8 Å². The molecule has 0 aromatic carbocycles. The van der Waals surface area contributed by atoms with Gasteiger partial charge in [-0.15, -0.1) is 0 Å². The van der Waals surface area contributed by atoms with Gasteiger partial charge >= 0.3 is 0 Å². The number of ketones is 2. The Hall–Kier alpha value is -1.83. The largest absolute Gasteiger partial charge is 0.396 e. The van der Waals surface area contributed by atoms with Crippen LogP contribution in [0.2, 0.25) is 0 Å². The summed E-state index contributed by atoms with van der Waals surface area (Å²) in [5.41, 5.74) is 10.1. The van der Waals surface area contributed by atoms with Crippen LogP contribution in [0.3, 0.4) is 0 Å². The van der Waals surface area contributed by atoms with Crippen molar-refractivity contribution in [3.05, 3.63) is 0 Å². The fraction of sp³-hybridized carbons (Fsp3) is 0.925. The van der Waals surface area contributed by atoms with Gasteiger partial charge in [0, 0.05) is 57.4 Å². The molecule has 0 spiro atoms. The Labute approximate surface area is 330 Å². The van der Waals surface area contributed by atoms with Gasteiger partial charge in [0.25, 0.3) is 0 Å². The zero-order chi connectivity index (χ0) is 40.3. The van der Waals surface area contributed by atoms with Gasteiger partial charge in [-0.2, -0.15) is 0 Å². The molecule has 12 N–H and O–H groups in total. The lowest BCUT2D eigenvalue weighted by molar-refractivity contribution is -0.347. The molecule has 4 saturated carbocycles. The van der Waals surface area contributed by atoms with Crippen molar-refractivity contribution in [1.29, 1.82) is 0 Å². The van der Waals surface area contributed by atoms with E-state index in [9.17, 15) is 40.2 Å². The zero-order valence-corrected chi connectivity index (χ0v) is 33.2. The molecule has 56 heavy (non-hydrogen) atoms. The van der Waals surface area contributed by atoms with Crippen molar-refractivity contribution in [2.75, 3.05) is 40.5 Å². The first kappa shape index (κ1) is 43.7. The van der Waals surface area contributed by atoms with Gasteiger partial charge in [-0.05, 0) is 62.8 Å². The summed E-state index contributed by atoms with van der Waals surface area (Å²) in [6.07, 6.45) is 0.604. The molecule has 0 amide bonds. The van der Waals surface area contributed by atoms with Crippen molar-refractivity contribution >= 4 is 17.5 Å². The van der Waals surface area contributed by atoms with Gasteiger partial charge in [0.2, 0.25) is 0 Å². The molecule has 6 rings (SSSR count).